The van der Waals surface area contributed by atoms with Gasteiger partial charge in [0.25, 0.3) is 5.69 Å². The smallest absolute Gasteiger partial charge is 0.293 e. The molecule has 0 amide bonds. The first kappa shape index (κ1) is 16.1. The Morgan fingerprint density at radius 1 is 1.45 bits per heavy atom. The van der Waals surface area contributed by atoms with Gasteiger partial charge in [-0.3, -0.25) is 14.9 Å². The van der Waals surface area contributed by atoms with Gasteiger partial charge in [-0.15, -0.1) is 0 Å². The topological polar surface area (TPSA) is 72.7 Å². The first-order chi connectivity index (χ1) is 9.49. The average Bonchev–Trinajstić information content (AvgIpc) is 2.42. The Kier molecular flexibility index (Phi) is 6.11. The summed E-state index contributed by atoms with van der Waals surface area (Å²) >= 11 is 0. The van der Waals surface area contributed by atoms with Crippen LogP contribution in [0, 0.1) is 16.0 Å². The third-order valence-corrected chi connectivity index (χ3v) is 2.82. The SMILES string of the molecule is COCCN(CC(C)C)c1ccc(C=O)cc1[N+](=O)[O-]. The molecule has 1 aromatic carbocycles. The summed E-state index contributed by atoms with van der Waals surface area (Å²) in [5.74, 6) is 0.359. The minimum atomic E-state index is -0.456. The van der Waals surface area contributed by atoms with Crippen molar-refractivity contribution < 1.29 is 14.5 Å². The molecule has 0 fully saturated rings. The summed E-state index contributed by atoms with van der Waals surface area (Å²) in [5, 5.41) is 11.2. The highest BCUT2D eigenvalue weighted by Gasteiger charge is 2.20. The molecule has 110 valence electrons. The predicted octanol–water partition coefficient (Wildman–Crippen LogP) is 2.52. The van der Waals surface area contributed by atoms with Gasteiger partial charge in [-0.2, -0.15) is 0 Å². The van der Waals surface area contributed by atoms with Crippen LogP contribution in [0.2, 0.25) is 0 Å². The lowest BCUT2D eigenvalue weighted by Crippen LogP contribution is -2.31. The number of hydrogen-bond donors (Lipinski definition) is 0. The molecule has 0 N–H and O–H groups in total. The van der Waals surface area contributed by atoms with Crippen LogP contribution in [0.25, 0.3) is 0 Å². The monoisotopic (exact) mass is 280 g/mol. The number of anilines is 1. The Hall–Kier alpha value is -1.95. The van der Waals surface area contributed by atoms with Gasteiger partial charge in [0.1, 0.15) is 12.0 Å². The third kappa shape index (κ3) is 4.31. The molecule has 20 heavy (non-hydrogen) atoms. The van der Waals surface area contributed by atoms with Crippen LogP contribution in [0.1, 0.15) is 24.2 Å². The number of nitro groups is 1. The van der Waals surface area contributed by atoms with Gasteiger partial charge in [-0.25, -0.2) is 0 Å². The van der Waals surface area contributed by atoms with E-state index in [1.807, 2.05) is 18.7 Å². The Balaban J connectivity index is 3.16. The number of methoxy groups -OCH3 is 1. The summed E-state index contributed by atoms with van der Waals surface area (Å²) in [5.41, 5.74) is 0.773. The molecule has 0 aliphatic carbocycles. The Labute approximate surface area is 118 Å². The maximum Gasteiger partial charge on any atom is 0.293 e. The van der Waals surface area contributed by atoms with Crippen molar-refractivity contribution in [3.8, 4) is 0 Å². The fraction of sp³-hybridized carbons (Fsp3) is 0.500. The Bertz CT molecular complexity index is 474. The van der Waals surface area contributed by atoms with E-state index in [0.29, 0.717) is 43.2 Å². The molecular weight excluding hydrogens is 260 g/mol. The van der Waals surface area contributed by atoms with Crippen molar-refractivity contribution in [2.75, 3.05) is 31.7 Å². The molecule has 0 spiro atoms. The fourth-order valence-corrected chi connectivity index (χ4v) is 1.98. The van der Waals surface area contributed by atoms with Gasteiger partial charge in [0.05, 0.1) is 11.5 Å². The zero-order chi connectivity index (χ0) is 15.1. The van der Waals surface area contributed by atoms with Gasteiger partial charge >= 0.3 is 0 Å². The zero-order valence-corrected chi connectivity index (χ0v) is 12.0. The summed E-state index contributed by atoms with van der Waals surface area (Å²) in [6.45, 7) is 5.83. The highest BCUT2D eigenvalue weighted by atomic mass is 16.6. The lowest BCUT2D eigenvalue weighted by atomic mass is 10.1. The first-order valence-electron chi connectivity index (χ1n) is 6.47. The molecule has 0 aliphatic heterocycles. The second-order valence-corrected chi connectivity index (χ2v) is 4.96. The van der Waals surface area contributed by atoms with E-state index in [0.717, 1.165) is 0 Å². The molecule has 1 rings (SSSR count). The molecule has 0 aromatic heterocycles. The summed E-state index contributed by atoms with van der Waals surface area (Å²) in [6.07, 6.45) is 0.610. The molecule has 0 heterocycles. The molecule has 0 atom stereocenters. The van der Waals surface area contributed by atoms with E-state index in [1.54, 1.807) is 19.2 Å². The first-order valence-corrected chi connectivity index (χ1v) is 6.47. The lowest BCUT2D eigenvalue weighted by molar-refractivity contribution is -0.384. The Morgan fingerprint density at radius 2 is 2.15 bits per heavy atom. The molecule has 6 heteroatoms. The van der Waals surface area contributed by atoms with Crippen molar-refractivity contribution in [2.45, 2.75) is 13.8 Å². The highest BCUT2D eigenvalue weighted by Crippen LogP contribution is 2.29. The van der Waals surface area contributed by atoms with Gasteiger partial charge in [0.15, 0.2) is 0 Å². The third-order valence-electron chi connectivity index (χ3n) is 2.82. The minimum absolute atomic E-state index is 0.0497. The number of ether oxygens (including phenoxy) is 1. The molecule has 1 aromatic rings. The van der Waals surface area contributed by atoms with Crippen molar-refractivity contribution in [3.05, 3.63) is 33.9 Å². The van der Waals surface area contributed by atoms with Gasteiger partial charge in [-0.1, -0.05) is 13.8 Å². The van der Waals surface area contributed by atoms with E-state index in [-0.39, 0.29) is 5.69 Å². The van der Waals surface area contributed by atoms with Gasteiger partial charge in [0.2, 0.25) is 0 Å². The van der Waals surface area contributed by atoms with Crippen molar-refractivity contribution in [2.24, 2.45) is 5.92 Å². The van der Waals surface area contributed by atoms with Crippen LogP contribution in [0.15, 0.2) is 18.2 Å². The molecular formula is C14H20N2O4. The number of benzene rings is 1. The van der Waals surface area contributed by atoms with E-state index < -0.39 is 4.92 Å². The van der Waals surface area contributed by atoms with E-state index in [2.05, 4.69) is 0 Å². The van der Waals surface area contributed by atoms with Crippen LogP contribution >= 0.6 is 0 Å². The quantitative estimate of drug-likeness (QED) is 0.415. The largest absolute Gasteiger partial charge is 0.383 e. The number of carbonyl (C=O) groups is 1. The fourth-order valence-electron chi connectivity index (χ4n) is 1.98. The van der Waals surface area contributed by atoms with E-state index in [1.165, 1.54) is 6.07 Å². The molecule has 0 unspecified atom stereocenters. The molecule has 0 radical (unpaired) electrons. The highest BCUT2D eigenvalue weighted by molar-refractivity contribution is 5.79. The van der Waals surface area contributed by atoms with Crippen LogP contribution in [0.5, 0.6) is 0 Å². The van der Waals surface area contributed by atoms with Crippen molar-refractivity contribution in [1.29, 1.82) is 0 Å². The number of nitro benzene ring substituents is 1. The number of hydrogen-bond acceptors (Lipinski definition) is 5. The summed E-state index contributed by atoms with van der Waals surface area (Å²) in [6, 6.07) is 4.53. The van der Waals surface area contributed by atoms with Crippen molar-refractivity contribution >= 4 is 17.7 Å². The molecule has 6 nitrogen and oxygen atoms in total. The van der Waals surface area contributed by atoms with Crippen LogP contribution in [-0.2, 0) is 4.74 Å². The Morgan fingerprint density at radius 3 is 2.65 bits per heavy atom. The van der Waals surface area contributed by atoms with Crippen LogP contribution in [0.3, 0.4) is 0 Å². The van der Waals surface area contributed by atoms with Crippen molar-refractivity contribution in [3.63, 3.8) is 0 Å². The normalized spacial score (nSPS) is 10.6. The molecule has 0 saturated heterocycles. The number of rotatable bonds is 8. The number of carbonyl (C=O) groups excluding carboxylic acids is 1. The second-order valence-electron chi connectivity index (χ2n) is 4.96. The lowest BCUT2D eigenvalue weighted by Gasteiger charge is -2.26. The average molecular weight is 280 g/mol. The second kappa shape index (κ2) is 7.59. The molecule has 0 bridgehead atoms. The van der Waals surface area contributed by atoms with E-state index >= 15 is 0 Å². The predicted molar refractivity (Wildman–Crippen MR) is 77.4 cm³/mol. The van der Waals surface area contributed by atoms with Gasteiger partial charge in [-0.05, 0) is 18.1 Å². The van der Waals surface area contributed by atoms with E-state index in [9.17, 15) is 14.9 Å². The summed E-state index contributed by atoms with van der Waals surface area (Å²) in [7, 11) is 1.59. The number of aldehydes is 1. The van der Waals surface area contributed by atoms with Crippen LogP contribution in [0.4, 0.5) is 11.4 Å². The van der Waals surface area contributed by atoms with Crippen LogP contribution < -0.4 is 4.90 Å². The summed E-state index contributed by atoms with van der Waals surface area (Å²) in [4.78, 5) is 23.4. The van der Waals surface area contributed by atoms with Gasteiger partial charge in [0, 0.05) is 31.8 Å². The standard InChI is InChI=1S/C14H20N2O4/c1-11(2)9-15(6-7-20-3)13-5-4-12(10-17)8-14(13)16(18)19/h4-5,8,10-11H,6-7,9H2,1-3H3. The molecule has 0 saturated carbocycles. The van der Waals surface area contributed by atoms with Crippen molar-refractivity contribution in [1.82, 2.24) is 0 Å². The number of nitrogens with zero attached hydrogens (tertiary/aromatic N) is 2. The maximum absolute atomic E-state index is 11.2. The van der Waals surface area contributed by atoms with Gasteiger partial charge < -0.3 is 9.64 Å². The zero-order valence-electron chi connectivity index (χ0n) is 12.0. The van der Waals surface area contributed by atoms with E-state index in [4.69, 9.17) is 4.74 Å². The minimum Gasteiger partial charge on any atom is -0.383 e. The maximum atomic E-state index is 11.2. The van der Waals surface area contributed by atoms with Crippen LogP contribution in [-0.4, -0.2) is 38.0 Å². The summed E-state index contributed by atoms with van der Waals surface area (Å²) < 4.78 is 5.05. The molecule has 0 aliphatic rings.